The summed E-state index contributed by atoms with van der Waals surface area (Å²) in [5, 5.41) is 0.222. The lowest BCUT2D eigenvalue weighted by molar-refractivity contribution is 0.405. The van der Waals surface area contributed by atoms with Crippen molar-refractivity contribution in [1.29, 1.82) is 0 Å². The van der Waals surface area contributed by atoms with Gasteiger partial charge in [-0.15, -0.1) is 0 Å². The number of alkyl halides is 3. The molecule has 0 N–H and O–H groups in total. The minimum Gasteiger partial charge on any atom is -0.202 e. The fourth-order valence-corrected chi connectivity index (χ4v) is 1.38. The van der Waals surface area contributed by atoms with E-state index in [0.29, 0.717) is 0 Å². The Morgan fingerprint density at radius 3 is 2.09 bits per heavy atom. The van der Waals surface area contributed by atoms with Crippen molar-refractivity contribution in [2.45, 2.75) is 4.59 Å². The summed E-state index contributed by atoms with van der Waals surface area (Å²) >= 11 is 16.0. The van der Waals surface area contributed by atoms with Crippen LogP contribution in [0.15, 0.2) is 24.3 Å². The SMILES string of the molecule is FC(Cl)(Cl)c1ccccc1Cl. The summed E-state index contributed by atoms with van der Waals surface area (Å²) < 4.78 is 10.4. The zero-order valence-corrected chi connectivity index (χ0v) is 7.59. The van der Waals surface area contributed by atoms with Crippen LogP contribution < -0.4 is 0 Å². The molecule has 1 aromatic rings. The lowest BCUT2D eigenvalue weighted by atomic mass is 10.2. The van der Waals surface area contributed by atoms with Crippen molar-refractivity contribution in [1.82, 2.24) is 0 Å². The molecule has 0 aliphatic heterocycles. The van der Waals surface area contributed by atoms with Crippen LogP contribution in [0.2, 0.25) is 5.02 Å². The summed E-state index contributed by atoms with van der Waals surface area (Å²) in [5.74, 6) is 0. The molecule has 0 radical (unpaired) electrons. The van der Waals surface area contributed by atoms with Crippen molar-refractivity contribution in [3.63, 3.8) is 0 Å². The van der Waals surface area contributed by atoms with Crippen molar-refractivity contribution < 1.29 is 4.39 Å². The topological polar surface area (TPSA) is 0 Å². The summed E-state index contributed by atoms with van der Waals surface area (Å²) in [6, 6.07) is 6.24. The van der Waals surface area contributed by atoms with Gasteiger partial charge in [0.25, 0.3) is 4.59 Å². The van der Waals surface area contributed by atoms with E-state index in [2.05, 4.69) is 0 Å². The molecule has 0 saturated carbocycles. The third-order valence-corrected chi connectivity index (χ3v) is 1.92. The van der Waals surface area contributed by atoms with Gasteiger partial charge in [0.1, 0.15) is 0 Å². The van der Waals surface area contributed by atoms with E-state index in [9.17, 15) is 4.39 Å². The standard InChI is InChI=1S/C7H4Cl3F/c8-6-4-2-1-3-5(6)7(9,10)11/h1-4H. The van der Waals surface area contributed by atoms with E-state index in [1.165, 1.54) is 12.1 Å². The average Bonchev–Trinajstić information content (AvgIpc) is 1.86. The molecule has 11 heavy (non-hydrogen) atoms. The Morgan fingerprint density at radius 2 is 1.73 bits per heavy atom. The molecule has 0 aromatic heterocycles. The Hall–Kier alpha value is 0.0200. The van der Waals surface area contributed by atoms with Crippen molar-refractivity contribution in [3.8, 4) is 0 Å². The van der Waals surface area contributed by atoms with Crippen molar-refractivity contribution in [2.24, 2.45) is 0 Å². The number of benzene rings is 1. The molecule has 0 atom stereocenters. The normalized spacial score (nSPS) is 11.6. The second kappa shape index (κ2) is 3.18. The van der Waals surface area contributed by atoms with Crippen LogP contribution in [0.1, 0.15) is 5.56 Å². The maximum absolute atomic E-state index is 12.8. The molecule has 0 heterocycles. The first-order chi connectivity index (χ1) is 5.02. The van der Waals surface area contributed by atoms with Crippen molar-refractivity contribution in [2.75, 3.05) is 0 Å². The molecule has 1 aromatic carbocycles. The molecule has 1 rings (SSSR count). The first-order valence-corrected chi connectivity index (χ1v) is 3.97. The van der Waals surface area contributed by atoms with Gasteiger partial charge in [-0.05, 0) is 6.07 Å². The zero-order valence-electron chi connectivity index (χ0n) is 5.32. The molecule has 4 heteroatoms. The third kappa shape index (κ3) is 2.22. The van der Waals surface area contributed by atoms with Gasteiger partial charge in [-0.3, -0.25) is 0 Å². The zero-order chi connectivity index (χ0) is 8.48. The maximum Gasteiger partial charge on any atom is 0.284 e. The maximum atomic E-state index is 12.8. The summed E-state index contributed by atoms with van der Waals surface area (Å²) in [5.41, 5.74) is 0.0741. The highest BCUT2D eigenvalue weighted by molar-refractivity contribution is 6.48. The van der Waals surface area contributed by atoms with Crippen LogP contribution in [-0.2, 0) is 4.59 Å². The smallest absolute Gasteiger partial charge is 0.202 e. The summed E-state index contributed by atoms with van der Waals surface area (Å²) in [4.78, 5) is 0. The van der Waals surface area contributed by atoms with E-state index in [1.807, 2.05) is 0 Å². The highest BCUT2D eigenvalue weighted by Crippen LogP contribution is 2.38. The molecule has 0 nitrogen and oxygen atoms in total. The van der Waals surface area contributed by atoms with E-state index in [-0.39, 0.29) is 10.6 Å². The summed E-state index contributed by atoms with van der Waals surface area (Å²) in [6.45, 7) is 0. The van der Waals surface area contributed by atoms with E-state index in [0.717, 1.165) is 0 Å². The highest BCUT2D eigenvalue weighted by Gasteiger charge is 2.27. The Balaban J connectivity index is 3.14. The molecule has 0 amide bonds. The van der Waals surface area contributed by atoms with Gasteiger partial charge in [0.15, 0.2) is 0 Å². The minimum absolute atomic E-state index is 0.0741. The van der Waals surface area contributed by atoms with E-state index in [1.54, 1.807) is 12.1 Å². The highest BCUT2D eigenvalue weighted by atomic mass is 35.5. The molecular weight excluding hydrogens is 209 g/mol. The molecule has 0 aliphatic carbocycles. The van der Waals surface area contributed by atoms with Gasteiger partial charge in [0, 0.05) is 10.6 Å². The number of rotatable bonds is 1. The largest absolute Gasteiger partial charge is 0.284 e. The Labute approximate surface area is 78.9 Å². The van der Waals surface area contributed by atoms with Gasteiger partial charge < -0.3 is 0 Å². The van der Waals surface area contributed by atoms with Crippen LogP contribution in [0, 0.1) is 0 Å². The van der Waals surface area contributed by atoms with Crippen molar-refractivity contribution >= 4 is 34.8 Å². The van der Waals surface area contributed by atoms with Crippen LogP contribution in [0.4, 0.5) is 4.39 Å². The van der Waals surface area contributed by atoms with Crippen LogP contribution >= 0.6 is 34.8 Å². The first-order valence-electron chi connectivity index (χ1n) is 2.83. The number of halogens is 4. The van der Waals surface area contributed by atoms with Crippen LogP contribution in [-0.4, -0.2) is 0 Å². The molecule has 0 saturated heterocycles. The number of hydrogen-bond acceptors (Lipinski definition) is 0. The molecule has 0 unspecified atom stereocenters. The summed E-state index contributed by atoms with van der Waals surface area (Å²) in [6.07, 6.45) is 0. The van der Waals surface area contributed by atoms with Crippen LogP contribution in [0.25, 0.3) is 0 Å². The molecule has 0 spiro atoms. The Kier molecular flexibility index (Phi) is 2.63. The van der Waals surface area contributed by atoms with Gasteiger partial charge in [0.05, 0.1) is 0 Å². The second-order valence-electron chi connectivity index (χ2n) is 1.98. The van der Waals surface area contributed by atoms with Gasteiger partial charge >= 0.3 is 0 Å². The lowest BCUT2D eigenvalue weighted by Gasteiger charge is -2.10. The van der Waals surface area contributed by atoms with Gasteiger partial charge in [0.2, 0.25) is 0 Å². The molecule has 0 aliphatic rings. The Bertz CT molecular complexity index is 254. The van der Waals surface area contributed by atoms with E-state index >= 15 is 0 Å². The third-order valence-electron chi connectivity index (χ3n) is 1.18. The molecule has 0 bridgehead atoms. The Morgan fingerprint density at radius 1 is 1.18 bits per heavy atom. The molecular formula is C7H4Cl3F. The molecule has 60 valence electrons. The first kappa shape index (κ1) is 9.11. The van der Waals surface area contributed by atoms with Gasteiger partial charge in [-0.1, -0.05) is 53.0 Å². The fraction of sp³-hybridized carbons (Fsp3) is 0.143. The second-order valence-corrected chi connectivity index (χ2v) is 3.62. The monoisotopic (exact) mass is 212 g/mol. The van der Waals surface area contributed by atoms with Crippen LogP contribution in [0.5, 0.6) is 0 Å². The van der Waals surface area contributed by atoms with E-state index < -0.39 is 4.59 Å². The van der Waals surface area contributed by atoms with E-state index in [4.69, 9.17) is 34.8 Å². The van der Waals surface area contributed by atoms with Gasteiger partial charge in [-0.2, -0.15) is 0 Å². The predicted molar refractivity (Wildman–Crippen MR) is 45.9 cm³/mol. The average molecular weight is 213 g/mol. The van der Waals surface area contributed by atoms with Crippen LogP contribution in [0.3, 0.4) is 0 Å². The minimum atomic E-state index is -2.40. The molecule has 0 fully saturated rings. The quantitative estimate of drug-likeness (QED) is 0.621. The lowest BCUT2D eigenvalue weighted by Crippen LogP contribution is -2.01. The van der Waals surface area contributed by atoms with Crippen molar-refractivity contribution in [3.05, 3.63) is 34.9 Å². The van der Waals surface area contributed by atoms with Gasteiger partial charge in [-0.25, -0.2) is 4.39 Å². The summed E-state index contributed by atoms with van der Waals surface area (Å²) in [7, 11) is 0. The predicted octanol–water partition coefficient (Wildman–Crippen LogP) is 3.90. The number of hydrogen-bond donors (Lipinski definition) is 0. The fourth-order valence-electron chi connectivity index (χ4n) is 0.691.